The molecule has 0 atom stereocenters. The number of benzene rings is 8. The van der Waals surface area contributed by atoms with Crippen molar-refractivity contribution in [1.29, 1.82) is 0 Å². The van der Waals surface area contributed by atoms with E-state index in [0.717, 1.165) is 27.3 Å². The maximum absolute atomic E-state index is 6.36. The van der Waals surface area contributed by atoms with Crippen LogP contribution in [0.4, 0.5) is 0 Å². The third kappa shape index (κ3) is 5.59. The van der Waals surface area contributed by atoms with E-state index in [-0.39, 0.29) is 0 Å². The maximum Gasteiger partial charge on any atom is 0.143 e. The summed E-state index contributed by atoms with van der Waals surface area (Å²) in [6.45, 7) is 5.49. The van der Waals surface area contributed by atoms with E-state index in [4.69, 9.17) is 4.42 Å². The quantitative estimate of drug-likeness (QED) is 0.135. The number of fused-ring (bicyclic) bond motifs is 7. The van der Waals surface area contributed by atoms with Gasteiger partial charge in [-0.05, 0) is 85.4 Å². The molecule has 0 aliphatic heterocycles. The lowest BCUT2D eigenvalue weighted by molar-refractivity contribution is 0.672. The van der Waals surface area contributed by atoms with Crippen molar-refractivity contribution in [2.24, 2.45) is 0 Å². The third-order valence-electron chi connectivity index (χ3n) is 9.41. The van der Waals surface area contributed by atoms with E-state index in [1.807, 2.05) is 31.2 Å². The molecular formula is C49H36O. The van der Waals surface area contributed by atoms with Crippen molar-refractivity contribution in [3.05, 3.63) is 195 Å². The fourth-order valence-corrected chi connectivity index (χ4v) is 7.12. The molecule has 0 saturated carbocycles. The van der Waals surface area contributed by atoms with Crippen molar-refractivity contribution in [3.8, 4) is 33.4 Å². The monoisotopic (exact) mass is 640 g/mol. The van der Waals surface area contributed by atoms with Crippen LogP contribution in [0, 0.1) is 0 Å². The highest BCUT2D eigenvalue weighted by Crippen LogP contribution is 2.44. The molecule has 1 heteroatoms. The Kier molecular flexibility index (Phi) is 8.39. The molecule has 0 bridgehead atoms. The smallest absolute Gasteiger partial charge is 0.143 e. The number of rotatable bonds is 5. The largest absolute Gasteiger partial charge is 0.455 e. The first kappa shape index (κ1) is 30.9. The number of hydrogen-bond acceptors (Lipinski definition) is 1. The molecule has 0 spiro atoms. The summed E-state index contributed by atoms with van der Waals surface area (Å²) in [7, 11) is 0. The lowest BCUT2D eigenvalue weighted by atomic mass is 9.86. The van der Waals surface area contributed by atoms with E-state index >= 15 is 0 Å². The number of furan rings is 1. The second-order valence-electron chi connectivity index (χ2n) is 12.4. The van der Waals surface area contributed by atoms with Crippen molar-refractivity contribution in [3.63, 3.8) is 0 Å². The molecule has 9 aromatic rings. The van der Waals surface area contributed by atoms with Crippen LogP contribution >= 0.6 is 0 Å². The first-order valence-electron chi connectivity index (χ1n) is 17.1. The summed E-state index contributed by atoms with van der Waals surface area (Å²) in [4.78, 5) is 0. The Morgan fingerprint density at radius 1 is 0.420 bits per heavy atom. The predicted molar refractivity (Wildman–Crippen MR) is 217 cm³/mol. The summed E-state index contributed by atoms with van der Waals surface area (Å²) in [5.74, 6) is 0. The van der Waals surface area contributed by atoms with Crippen molar-refractivity contribution < 1.29 is 4.42 Å². The predicted octanol–water partition coefficient (Wildman–Crippen LogP) is 14.4. The highest BCUT2D eigenvalue weighted by atomic mass is 16.3. The molecule has 0 aliphatic rings. The van der Waals surface area contributed by atoms with Crippen LogP contribution in [0.2, 0.25) is 0 Å². The third-order valence-corrected chi connectivity index (χ3v) is 9.41. The highest BCUT2D eigenvalue weighted by Gasteiger charge is 2.17. The Hall–Kier alpha value is -6.44. The lowest BCUT2D eigenvalue weighted by Crippen LogP contribution is -1.90. The van der Waals surface area contributed by atoms with Gasteiger partial charge in [0.2, 0.25) is 0 Å². The molecule has 238 valence electrons. The molecule has 50 heavy (non-hydrogen) atoms. The average molecular weight is 641 g/mol. The zero-order chi connectivity index (χ0) is 33.9. The Morgan fingerprint density at radius 2 is 0.960 bits per heavy atom. The molecule has 9 rings (SSSR count). The van der Waals surface area contributed by atoms with Crippen molar-refractivity contribution in [2.45, 2.75) is 6.92 Å². The van der Waals surface area contributed by atoms with Crippen LogP contribution < -0.4 is 0 Å². The van der Waals surface area contributed by atoms with Crippen LogP contribution in [0.15, 0.2) is 199 Å². The van der Waals surface area contributed by atoms with Gasteiger partial charge in [-0.25, -0.2) is 0 Å². The Labute approximate surface area is 292 Å². The topological polar surface area (TPSA) is 13.1 Å². The van der Waals surface area contributed by atoms with Crippen LogP contribution in [-0.2, 0) is 0 Å². The van der Waals surface area contributed by atoms with E-state index in [0.29, 0.717) is 0 Å². The van der Waals surface area contributed by atoms with Crippen molar-refractivity contribution in [1.82, 2.24) is 0 Å². The zero-order valence-corrected chi connectivity index (χ0v) is 28.0. The molecule has 0 saturated heterocycles. The van der Waals surface area contributed by atoms with Crippen molar-refractivity contribution in [2.75, 3.05) is 0 Å². The molecule has 1 aromatic heterocycles. The van der Waals surface area contributed by atoms with E-state index in [9.17, 15) is 0 Å². The Morgan fingerprint density at radius 3 is 1.58 bits per heavy atom. The molecule has 0 aliphatic carbocycles. The summed E-state index contributed by atoms with van der Waals surface area (Å²) in [5, 5.41) is 9.74. The SMILES string of the molecule is C=C/C=C\C=C/C.c1ccc(-c2c3ccccc3c(-c3ccc(-c4ccc5oc6c7ccccc7ccc6c5c4)cc3)c3ccccc23)cc1. The summed E-state index contributed by atoms with van der Waals surface area (Å²) in [6, 6.07) is 56.8. The average Bonchev–Trinajstić information content (AvgIpc) is 3.56. The molecule has 8 aromatic carbocycles. The van der Waals surface area contributed by atoms with E-state index < -0.39 is 0 Å². The summed E-state index contributed by atoms with van der Waals surface area (Å²) < 4.78 is 6.36. The molecule has 0 N–H and O–H groups in total. The van der Waals surface area contributed by atoms with Crippen LogP contribution in [0.3, 0.4) is 0 Å². The van der Waals surface area contributed by atoms with Gasteiger partial charge in [0.25, 0.3) is 0 Å². The standard InChI is InChI=1S/C42H26O.C7H10/c1-2-11-29(12-3-1)40-33-14-6-8-16-35(33)41(36-17-9-7-15-34(36)40)30-20-18-27(19-21-30)31-23-25-39-38(26-31)37-24-22-28-10-4-5-13-32(28)42(37)43-39;1-3-5-7-6-4-2/h1-26H;3-7H,1H2,2H3/b;6-4-,7-5-. The molecule has 0 unspecified atom stereocenters. The molecular weight excluding hydrogens is 605 g/mol. The van der Waals surface area contributed by atoms with Gasteiger partial charge in [0, 0.05) is 16.2 Å². The zero-order valence-electron chi connectivity index (χ0n) is 28.0. The minimum Gasteiger partial charge on any atom is -0.455 e. The van der Waals surface area contributed by atoms with Crippen LogP contribution in [0.5, 0.6) is 0 Å². The molecule has 1 nitrogen and oxygen atoms in total. The second kappa shape index (κ2) is 13.6. The second-order valence-corrected chi connectivity index (χ2v) is 12.4. The van der Waals surface area contributed by atoms with E-state index in [2.05, 4.69) is 164 Å². The Bertz CT molecular complexity index is 2650. The fourth-order valence-electron chi connectivity index (χ4n) is 7.12. The number of hydrogen-bond donors (Lipinski definition) is 0. The first-order valence-corrected chi connectivity index (χ1v) is 17.1. The van der Waals surface area contributed by atoms with Gasteiger partial charge in [-0.2, -0.15) is 0 Å². The highest BCUT2D eigenvalue weighted by molar-refractivity contribution is 6.21. The summed E-state index contributed by atoms with van der Waals surface area (Å²) in [6.07, 6.45) is 9.51. The number of allylic oxidation sites excluding steroid dienone is 5. The van der Waals surface area contributed by atoms with E-state index in [1.54, 1.807) is 6.08 Å². The van der Waals surface area contributed by atoms with Crippen LogP contribution in [0.25, 0.3) is 87.6 Å². The Balaban J connectivity index is 0.000000470. The molecule has 1 heterocycles. The summed E-state index contributed by atoms with van der Waals surface area (Å²) in [5.41, 5.74) is 9.28. The molecule has 0 fully saturated rings. The van der Waals surface area contributed by atoms with Gasteiger partial charge >= 0.3 is 0 Å². The van der Waals surface area contributed by atoms with Crippen LogP contribution in [-0.4, -0.2) is 0 Å². The van der Waals surface area contributed by atoms with E-state index in [1.165, 1.54) is 60.3 Å². The van der Waals surface area contributed by atoms with Crippen LogP contribution in [0.1, 0.15) is 6.92 Å². The first-order chi connectivity index (χ1) is 24.7. The molecule has 0 radical (unpaired) electrons. The van der Waals surface area contributed by atoms with Gasteiger partial charge in [-0.1, -0.05) is 176 Å². The van der Waals surface area contributed by atoms with Gasteiger partial charge in [-0.15, -0.1) is 0 Å². The maximum atomic E-state index is 6.36. The van der Waals surface area contributed by atoms with Gasteiger partial charge in [0.05, 0.1) is 0 Å². The lowest BCUT2D eigenvalue weighted by Gasteiger charge is -2.18. The van der Waals surface area contributed by atoms with Gasteiger partial charge in [0.1, 0.15) is 11.2 Å². The van der Waals surface area contributed by atoms with Gasteiger partial charge in [-0.3, -0.25) is 0 Å². The van der Waals surface area contributed by atoms with Crippen molar-refractivity contribution >= 4 is 54.3 Å². The van der Waals surface area contributed by atoms with Gasteiger partial charge in [0.15, 0.2) is 0 Å². The normalized spacial score (nSPS) is 11.6. The minimum absolute atomic E-state index is 0.920. The minimum atomic E-state index is 0.920. The molecule has 0 amide bonds. The fraction of sp³-hybridized carbons (Fsp3) is 0.0204. The summed E-state index contributed by atoms with van der Waals surface area (Å²) >= 11 is 0. The van der Waals surface area contributed by atoms with Gasteiger partial charge < -0.3 is 4.42 Å².